The van der Waals surface area contributed by atoms with E-state index in [1.165, 1.54) is 11.5 Å². The average molecular weight is 318 g/mol. The molecule has 0 atom stereocenters. The third-order valence-corrected chi connectivity index (χ3v) is 4.44. The smallest absolute Gasteiger partial charge is 0.322 e. The van der Waals surface area contributed by atoms with Crippen LogP contribution >= 0.6 is 11.5 Å². The number of nitrogens with zero attached hydrogens (tertiary/aromatic N) is 3. The van der Waals surface area contributed by atoms with Crippen LogP contribution in [0.5, 0.6) is 5.75 Å². The van der Waals surface area contributed by atoms with Gasteiger partial charge in [0, 0.05) is 26.2 Å². The topological polar surface area (TPSA) is 68.7 Å². The van der Waals surface area contributed by atoms with Crippen LogP contribution in [0.25, 0.3) is 0 Å². The van der Waals surface area contributed by atoms with Crippen molar-refractivity contribution in [3.63, 3.8) is 0 Å². The Morgan fingerprint density at radius 2 is 2.00 bits per heavy atom. The Balaban J connectivity index is 1.57. The van der Waals surface area contributed by atoms with Crippen molar-refractivity contribution in [3.05, 3.63) is 36.0 Å². The number of para-hydroxylation sites is 2. The Kier molecular flexibility index (Phi) is 4.15. The van der Waals surface area contributed by atoms with Gasteiger partial charge in [0.25, 0.3) is 0 Å². The zero-order valence-electron chi connectivity index (χ0n) is 12.3. The Bertz CT molecular complexity index is 665. The SMILES string of the molecule is Cc1cc(NC(=O)N2CCN(c3ccccc3O)CC2)sn1. The number of piperazine rings is 1. The molecule has 0 unspecified atom stereocenters. The number of hydrogen-bond donors (Lipinski definition) is 2. The summed E-state index contributed by atoms with van der Waals surface area (Å²) in [6.45, 7) is 4.55. The number of phenols is 1. The highest BCUT2D eigenvalue weighted by molar-refractivity contribution is 7.10. The molecule has 1 aromatic carbocycles. The molecule has 7 heteroatoms. The highest BCUT2D eigenvalue weighted by atomic mass is 32.1. The lowest BCUT2D eigenvalue weighted by Crippen LogP contribution is -2.50. The molecule has 116 valence electrons. The van der Waals surface area contributed by atoms with Crippen molar-refractivity contribution in [2.24, 2.45) is 0 Å². The summed E-state index contributed by atoms with van der Waals surface area (Å²) in [5, 5.41) is 13.5. The number of carbonyl (C=O) groups excluding carboxylic acids is 1. The minimum absolute atomic E-state index is 0.0967. The van der Waals surface area contributed by atoms with Crippen molar-refractivity contribution >= 4 is 28.3 Å². The Morgan fingerprint density at radius 3 is 2.64 bits per heavy atom. The van der Waals surface area contributed by atoms with Gasteiger partial charge in [0.2, 0.25) is 0 Å². The number of anilines is 2. The molecule has 0 radical (unpaired) electrons. The number of aromatic hydroxyl groups is 1. The number of phenolic OH excluding ortho intramolecular Hbond substituents is 1. The number of rotatable bonds is 2. The maximum absolute atomic E-state index is 12.2. The van der Waals surface area contributed by atoms with E-state index in [1.54, 1.807) is 17.0 Å². The van der Waals surface area contributed by atoms with E-state index in [2.05, 4.69) is 14.6 Å². The van der Waals surface area contributed by atoms with Crippen LogP contribution in [0, 0.1) is 6.92 Å². The van der Waals surface area contributed by atoms with Crippen LogP contribution in [0.2, 0.25) is 0 Å². The minimum atomic E-state index is -0.0967. The molecular weight excluding hydrogens is 300 g/mol. The Morgan fingerprint density at radius 1 is 1.27 bits per heavy atom. The number of amides is 2. The van der Waals surface area contributed by atoms with E-state index >= 15 is 0 Å². The molecule has 0 bridgehead atoms. The van der Waals surface area contributed by atoms with Gasteiger partial charge in [0.1, 0.15) is 10.8 Å². The third-order valence-electron chi connectivity index (χ3n) is 3.65. The lowest BCUT2D eigenvalue weighted by Gasteiger charge is -2.36. The van der Waals surface area contributed by atoms with Gasteiger partial charge in [-0.3, -0.25) is 5.32 Å². The molecule has 1 saturated heterocycles. The van der Waals surface area contributed by atoms with Gasteiger partial charge in [-0.1, -0.05) is 12.1 Å². The zero-order chi connectivity index (χ0) is 15.5. The number of aryl methyl sites for hydroxylation is 1. The molecule has 0 spiro atoms. The molecule has 2 aromatic rings. The van der Waals surface area contributed by atoms with E-state index in [0.717, 1.165) is 16.4 Å². The number of hydrogen-bond acceptors (Lipinski definition) is 5. The molecule has 22 heavy (non-hydrogen) atoms. The van der Waals surface area contributed by atoms with E-state index in [0.29, 0.717) is 26.2 Å². The van der Waals surface area contributed by atoms with E-state index in [1.807, 2.05) is 25.1 Å². The summed E-state index contributed by atoms with van der Waals surface area (Å²) in [6.07, 6.45) is 0. The summed E-state index contributed by atoms with van der Waals surface area (Å²) < 4.78 is 4.15. The Hall–Kier alpha value is -2.28. The highest BCUT2D eigenvalue weighted by Gasteiger charge is 2.22. The molecule has 1 aliphatic rings. The standard InChI is InChI=1S/C15H18N4O2S/c1-11-10-14(22-17-11)16-15(21)19-8-6-18(7-9-19)12-4-2-3-5-13(12)20/h2-5,10,20H,6-9H2,1H3,(H,16,21). The fourth-order valence-corrected chi connectivity index (χ4v) is 3.14. The first-order chi connectivity index (χ1) is 10.6. The van der Waals surface area contributed by atoms with Gasteiger partial charge in [-0.05, 0) is 36.7 Å². The number of carbonyl (C=O) groups is 1. The molecule has 3 rings (SSSR count). The third kappa shape index (κ3) is 3.14. The Labute approximate surface area is 133 Å². The van der Waals surface area contributed by atoms with Crippen molar-refractivity contribution < 1.29 is 9.90 Å². The molecule has 2 heterocycles. The van der Waals surface area contributed by atoms with Gasteiger partial charge >= 0.3 is 6.03 Å². The van der Waals surface area contributed by atoms with Gasteiger partial charge in [-0.2, -0.15) is 4.37 Å². The van der Waals surface area contributed by atoms with Crippen LogP contribution in [0.3, 0.4) is 0 Å². The lowest BCUT2D eigenvalue weighted by atomic mass is 10.2. The second-order valence-corrected chi connectivity index (χ2v) is 6.03. The van der Waals surface area contributed by atoms with Crippen molar-refractivity contribution in [2.75, 3.05) is 36.4 Å². The molecule has 0 aliphatic carbocycles. The molecule has 1 aliphatic heterocycles. The zero-order valence-corrected chi connectivity index (χ0v) is 13.1. The lowest BCUT2D eigenvalue weighted by molar-refractivity contribution is 0.208. The van der Waals surface area contributed by atoms with E-state index < -0.39 is 0 Å². The number of aromatic nitrogens is 1. The second kappa shape index (κ2) is 6.23. The molecule has 1 aromatic heterocycles. The van der Waals surface area contributed by atoms with Crippen LogP contribution in [-0.4, -0.2) is 46.6 Å². The molecular formula is C15H18N4O2S. The summed E-state index contributed by atoms with van der Waals surface area (Å²) in [5.41, 5.74) is 1.73. The van der Waals surface area contributed by atoms with Crippen molar-refractivity contribution in [3.8, 4) is 5.75 Å². The van der Waals surface area contributed by atoms with Crippen LogP contribution in [0.4, 0.5) is 15.5 Å². The number of nitrogens with one attached hydrogen (secondary N) is 1. The van der Waals surface area contributed by atoms with Crippen molar-refractivity contribution in [1.82, 2.24) is 9.27 Å². The van der Waals surface area contributed by atoms with Gasteiger partial charge in [-0.15, -0.1) is 0 Å². The van der Waals surface area contributed by atoms with Gasteiger partial charge in [-0.25, -0.2) is 4.79 Å². The van der Waals surface area contributed by atoms with E-state index in [9.17, 15) is 9.90 Å². The monoisotopic (exact) mass is 318 g/mol. The largest absolute Gasteiger partial charge is 0.506 e. The van der Waals surface area contributed by atoms with Crippen LogP contribution in [0.1, 0.15) is 5.69 Å². The van der Waals surface area contributed by atoms with Crippen LogP contribution < -0.4 is 10.2 Å². The summed E-state index contributed by atoms with van der Waals surface area (Å²) in [5.74, 6) is 0.278. The molecule has 2 amide bonds. The highest BCUT2D eigenvalue weighted by Crippen LogP contribution is 2.27. The predicted molar refractivity (Wildman–Crippen MR) is 87.8 cm³/mol. The van der Waals surface area contributed by atoms with Crippen molar-refractivity contribution in [2.45, 2.75) is 6.92 Å². The van der Waals surface area contributed by atoms with Gasteiger partial charge < -0.3 is 14.9 Å². The summed E-state index contributed by atoms with van der Waals surface area (Å²) in [6, 6.07) is 9.05. The fourth-order valence-electron chi connectivity index (χ4n) is 2.49. The minimum Gasteiger partial charge on any atom is -0.506 e. The summed E-state index contributed by atoms with van der Waals surface area (Å²) in [4.78, 5) is 16.1. The number of benzene rings is 1. The van der Waals surface area contributed by atoms with E-state index in [4.69, 9.17) is 0 Å². The molecule has 6 nitrogen and oxygen atoms in total. The molecule has 2 N–H and O–H groups in total. The van der Waals surface area contributed by atoms with Gasteiger partial charge in [0.05, 0.1) is 11.4 Å². The maximum Gasteiger partial charge on any atom is 0.322 e. The molecule has 1 fully saturated rings. The van der Waals surface area contributed by atoms with Crippen LogP contribution in [0.15, 0.2) is 30.3 Å². The van der Waals surface area contributed by atoms with Crippen LogP contribution in [-0.2, 0) is 0 Å². The quantitative estimate of drug-likeness (QED) is 0.893. The first-order valence-corrected chi connectivity index (χ1v) is 7.93. The van der Waals surface area contributed by atoms with Gasteiger partial charge in [0.15, 0.2) is 0 Å². The summed E-state index contributed by atoms with van der Waals surface area (Å²) >= 11 is 1.29. The fraction of sp³-hybridized carbons (Fsp3) is 0.333. The predicted octanol–water partition coefficient (Wildman–Crippen LogP) is 2.51. The number of urea groups is 1. The maximum atomic E-state index is 12.2. The first kappa shape index (κ1) is 14.6. The normalized spacial score (nSPS) is 15.0. The van der Waals surface area contributed by atoms with E-state index in [-0.39, 0.29) is 11.8 Å². The average Bonchev–Trinajstić information content (AvgIpc) is 2.93. The first-order valence-electron chi connectivity index (χ1n) is 7.15. The van der Waals surface area contributed by atoms with Crippen molar-refractivity contribution in [1.29, 1.82) is 0 Å². The summed E-state index contributed by atoms with van der Waals surface area (Å²) in [7, 11) is 0. The molecule has 0 saturated carbocycles. The second-order valence-electron chi connectivity index (χ2n) is 5.23.